The van der Waals surface area contributed by atoms with Gasteiger partial charge in [-0.05, 0) is 86.4 Å². The topological polar surface area (TPSA) is 159 Å². The van der Waals surface area contributed by atoms with Crippen LogP contribution in [0.5, 0.6) is 0 Å². The fraction of sp³-hybridized carbons (Fsp3) is 0.592. The van der Waals surface area contributed by atoms with Crippen LogP contribution in [0.2, 0.25) is 0 Å². The Bertz CT molecular complexity index is 2250. The smallest absolute Gasteiger partial charge is 0.324 e. The second kappa shape index (κ2) is 19.4. The number of likely N-dealkylation sites (N-methyl/N-ethyl adjacent to an activating group) is 1. The maximum Gasteiger partial charge on any atom is 0.324 e. The lowest BCUT2D eigenvalue weighted by Gasteiger charge is -2.39. The number of pyridine rings is 1. The first-order valence-electron chi connectivity index (χ1n) is 23.2. The molecule has 7 rings (SSSR count). The number of nitrogens with one attached hydrogen (secondary N) is 2. The molecule has 1 aromatic carbocycles. The third-order valence-electron chi connectivity index (χ3n) is 13.4. The van der Waals surface area contributed by atoms with E-state index in [0.29, 0.717) is 58.5 Å². The molecule has 2 N–H and O–H groups in total. The number of nitrogens with zero attached hydrogens (tertiary/aromatic N) is 6. The van der Waals surface area contributed by atoms with Crippen molar-refractivity contribution in [2.24, 2.45) is 17.3 Å². The van der Waals surface area contributed by atoms with Crippen LogP contribution in [0.1, 0.15) is 91.3 Å². The van der Waals surface area contributed by atoms with E-state index < -0.39 is 53.3 Å². The number of cyclic esters (lactones) is 1. The van der Waals surface area contributed by atoms with Crippen molar-refractivity contribution in [3.8, 4) is 11.3 Å². The number of benzene rings is 1. The number of hydrazine groups is 1. The summed E-state index contributed by atoms with van der Waals surface area (Å²) < 4.78 is 14.9. The number of anilines is 1. The molecule has 15 heteroatoms. The number of hydrogen-bond acceptors (Lipinski definition) is 10. The van der Waals surface area contributed by atoms with Gasteiger partial charge in [-0.1, -0.05) is 48.1 Å². The summed E-state index contributed by atoms with van der Waals surface area (Å²) in [7, 11) is 1.61. The van der Waals surface area contributed by atoms with Gasteiger partial charge in [0.05, 0.1) is 36.6 Å². The van der Waals surface area contributed by atoms with E-state index in [0.717, 1.165) is 40.1 Å². The largest absolute Gasteiger partial charge is 0.464 e. The van der Waals surface area contributed by atoms with Crippen molar-refractivity contribution in [2.75, 3.05) is 57.9 Å². The number of morpholine rings is 1. The highest BCUT2D eigenvalue weighted by Crippen LogP contribution is 2.42. The Morgan fingerprint density at radius 3 is 2.58 bits per heavy atom. The van der Waals surface area contributed by atoms with Crippen LogP contribution in [0.3, 0.4) is 0 Å². The molecule has 0 aliphatic carbocycles. The van der Waals surface area contributed by atoms with Crippen LogP contribution in [-0.4, -0.2) is 131 Å². The highest BCUT2D eigenvalue weighted by molar-refractivity contribution is 5.95. The van der Waals surface area contributed by atoms with Gasteiger partial charge in [-0.15, -0.1) is 0 Å². The van der Waals surface area contributed by atoms with Gasteiger partial charge in [-0.3, -0.25) is 34.0 Å². The average Bonchev–Trinajstić information content (AvgIpc) is 3.90. The van der Waals surface area contributed by atoms with Crippen LogP contribution in [0.4, 0.5) is 5.69 Å². The molecule has 4 aliphatic heterocycles. The van der Waals surface area contributed by atoms with Gasteiger partial charge in [0.25, 0.3) is 5.91 Å². The Balaban J connectivity index is 1.24. The first-order valence-corrected chi connectivity index (χ1v) is 23.2. The van der Waals surface area contributed by atoms with Crippen LogP contribution in [0, 0.1) is 17.3 Å². The maximum absolute atomic E-state index is 14.7. The molecule has 3 aromatic rings. The SMILES string of the molecule is C=CC(=O)N1CC[C@H](C(=O)N(C)[C@H](C(=O)N[C@H]2C[C@H]3CN(CCO3)c3ccc4c(c3)c(c(-c3cccnc3C(C)C)n4CC)CC(C)(C)COC(=O)[C@@H]3CCCN(N3)C2=O)C(C)C)C1. The van der Waals surface area contributed by atoms with Crippen molar-refractivity contribution in [1.82, 2.24) is 35.1 Å². The number of esters is 1. The van der Waals surface area contributed by atoms with Crippen LogP contribution in [-0.2, 0) is 46.4 Å². The van der Waals surface area contributed by atoms with E-state index in [1.165, 1.54) is 21.5 Å². The Hall–Kier alpha value is -5.28. The summed E-state index contributed by atoms with van der Waals surface area (Å²) in [5.74, 6) is -2.33. The normalized spacial score (nSPS) is 23.5. The predicted molar refractivity (Wildman–Crippen MR) is 246 cm³/mol. The summed E-state index contributed by atoms with van der Waals surface area (Å²) in [6, 6.07) is 8.07. The Morgan fingerprint density at radius 2 is 1.86 bits per heavy atom. The first kappa shape index (κ1) is 46.7. The number of likely N-dealkylation sites (tertiary alicyclic amines) is 1. The van der Waals surface area contributed by atoms with Gasteiger partial charge in [0.1, 0.15) is 18.1 Å². The summed E-state index contributed by atoms with van der Waals surface area (Å²) in [5.41, 5.74) is 9.26. The fourth-order valence-electron chi connectivity index (χ4n) is 10.2. The predicted octanol–water partition coefficient (Wildman–Crippen LogP) is 5.07. The van der Waals surface area contributed by atoms with Gasteiger partial charge < -0.3 is 34.1 Å². The van der Waals surface area contributed by atoms with Crippen LogP contribution >= 0.6 is 0 Å². The molecule has 4 aliphatic rings. The van der Waals surface area contributed by atoms with Gasteiger partial charge in [0.2, 0.25) is 17.7 Å². The zero-order valence-electron chi connectivity index (χ0n) is 39.0. The van der Waals surface area contributed by atoms with Crippen LogP contribution in [0.15, 0.2) is 49.2 Å². The van der Waals surface area contributed by atoms with Gasteiger partial charge in [0, 0.05) is 86.5 Å². The Kier molecular flexibility index (Phi) is 14.2. The van der Waals surface area contributed by atoms with E-state index in [-0.39, 0.29) is 43.2 Å². The summed E-state index contributed by atoms with van der Waals surface area (Å²) in [6.45, 7) is 21.5. The average molecular weight is 881 g/mol. The molecule has 2 aromatic heterocycles. The van der Waals surface area contributed by atoms with Gasteiger partial charge in [-0.25, -0.2) is 5.43 Å². The summed E-state index contributed by atoms with van der Waals surface area (Å²) in [5, 5.41) is 5.63. The minimum absolute atomic E-state index is 0.162. The summed E-state index contributed by atoms with van der Waals surface area (Å²) in [4.78, 5) is 79.5. The molecular formula is C49H68N8O7. The van der Waals surface area contributed by atoms with E-state index >= 15 is 0 Å². The standard InChI is InChI=1S/C49H68N8O7/c1-10-41(58)55-21-18-32(27-55)46(60)53(9)43(31(5)6)45(59)51-39-25-34-28-54(22-23-63-34)33-16-17-40-36(24-33)37(44(56(40)11-2)35-14-12-19-50-42(35)30(3)4)26-49(7,8)29-64-48(62)38-15-13-20-57(52-38)47(39)61/h10,12,14,16-17,19,24,30-32,34,38-39,43,52H,1,11,13,15,18,20-23,25-29H2,2-9H3,(H,51,59)/t32-,34-,38-,39-,43-/m0/s1. The third kappa shape index (κ3) is 9.70. The van der Waals surface area contributed by atoms with E-state index in [4.69, 9.17) is 14.5 Å². The molecule has 6 bridgehead atoms. The minimum atomic E-state index is -1.04. The lowest BCUT2D eigenvalue weighted by atomic mass is 9.84. The van der Waals surface area contributed by atoms with Gasteiger partial charge >= 0.3 is 5.97 Å². The van der Waals surface area contributed by atoms with E-state index in [1.54, 1.807) is 11.9 Å². The highest BCUT2D eigenvalue weighted by Gasteiger charge is 2.41. The van der Waals surface area contributed by atoms with Crippen molar-refractivity contribution < 1.29 is 33.4 Å². The van der Waals surface area contributed by atoms with E-state index in [1.807, 2.05) is 26.1 Å². The summed E-state index contributed by atoms with van der Waals surface area (Å²) >= 11 is 0. The number of carbonyl (C=O) groups is 5. The quantitative estimate of drug-likeness (QED) is 0.220. The maximum atomic E-state index is 14.7. The number of hydrogen-bond donors (Lipinski definition) is 2. The highest BCUT2D eigenvalue weighted by atomic mass is 16.5. The molecule has 346 valence electrons. The molecule has 64 heavy (non-hydrogen) atoms. The molecule has 0 saturated carbocycles. The van der Waals surface area contributed by atoms with Crippen molar-refractivity contribution in [3.05, 3.63) is 60.4 Å². The molecule has 0 radical (unpaired) electrons. The van der Waals surface area contributed by atoms with Crippen LogP contribution in [0.25, 0.3) is 22.2 Å². The lowest BCUT2D eigenvalue weighted by molar-refractivity contribution is -0.156. The molecular weight excluding hydrogens is 813 g/mol. The fourth-order valence-corrected chi connectivity index (χ4v) is 10.2. The van der Waals surface area contributed by atoms with Crippen molar-refractivity contribution in [3.63, 3.8) is 0 Å². The van der Waals surface area contributed by atoms with Crippen molar-refractivity contribution in [2.45, 2.75) is 117 Å². The molecule has 0 spiro atoms. The number of fused-ring (bicyclic) bond motifs is 6. The number of ether oxygens (including phenoxy) is 2. The molecule has 3 fully saturated rings. The second-order valence-electron chi connectivity index (χ2n) is 19.5. The summed E-state index contributed by atoms with van der Waals surface area (Å²) in [6.07, 6.45) is 4.98. The number of aryl methyl sites for hydroxylation is 1. The zero-order chi connectivity index (χ0) is 46.0. The molecule has 3 saturated heterocycles. The third-order valence-corrected chi connectivity index (χ3v) is 13.4. The molecule has 0 unspecified atom stereocenters. The molecule has 5 atom stereocenters. The molecule has 15 nitrogen and oxygen atoms in total. The Labute approximate surface area is 377 Å². The number of aromatic nitrogens is 2. The zero-order valence-corrected chi connectivity index (χ0v) is 39.0. The van der Waals surface area contributed by atoms with E-state index in [9.17, 15) is 24.0 Å². The number of amides is 4. The number of rotatable bonds is 9. The molecule has 6 heterocycles. The van der Waals surface area contributed by atoms with Crippen molar-refractivity contribution in [1.29, 1.82) is 0 Å². The van der Waals surface area contributed by atoms with Crippen LogP contribution < -0.4 is 15.6 Å². The Morgan fingerprint density at radius 1 is 1.08 bits per heavy atom. The first-order chi connectivity index (χ1) is 30.5. The van der Waals surface area contributed by atoms with Crippen molar-refractivity contribution >= 4 is 46.2 Å². The number of carbonyl (C=O) groups excluding carboxylic acids is 5. The minimum Gasteiger partial charge on any atom is -0.464 e. The van der Waals surface area contributed by atoms with Gasteiger partial charge in [0.15, 0.2) is 0 Å². The lowest BCUT2D eigenvalue weighted by Crippen LogP contribution is -2.62. The molecule has 4 amide bonds. The second-order valence-corrected chi connectivity index (χ2v) is 19.5. The monoisotopic (exact) mass is 881 g/mol. The van der Waals surface area contributed by atoms with E-state index in [2.05, 4.69) is 85.7 Å². The van der Waals surface area contributed by atoms with Gasteiger partial charge in [-0.2, -0.15) is 0 Å².